The lowest BCUT2D eigenvalue weighted by Gasteiger charge is -2.33. The quantitative estimate of drug-likeness (QED) is 0.696. The zero-order valence-corrected chi connectivity index (χ0v) is 17.2. The van der Waals surface area contributed by atoms with Crippen molar-refractivity contribution in [1.82, 2.24) is 14.9 Å². The fourth-order valence-corrected chi connectivity index (χ4v) is 3.57. The molecule has 29 heavy (non-hydrogen) atoms. The maximum absolute atomic E-state index is 12.8. The highest BCUT2D eigenvalue weighted by Gasteiger charge is 2.17. The summed E-state index contributed by atoms with van der Waals surface area (Å²) in [6, 6.07) is 11.5. The molecule has 0 atom stereocenters. The number of hydrogen-bond acceptors (Lipinski definition) is 5. The average molecular weight is 393 g/mol. The molecule has 0 unspecified atom stereocenters. The molecule has 1 aliphatic rings. The van der Waals surface area contributed by atoms with Gasteiger partial charge in [-0.15, -0.1) is 0 Å². The molecule has 3 aromatic rings. The van der Waals surface area contributed by atoms with Gasteiger partial charge in [0, 0.05) is 43.1 Å². The zero-order valence-electron chi connectivity index (χ0n) is 17.2. The van der Waals surface area contributed by atoms with Crippen LogP contribution in [0, 0.1) is 6.92 Å². The Kier molecular flexibility index (Phi) is 5.40. The summed E-state index contributed by atoms with van der Waals surface area (Å²) in [4.78, 5) is 25.2. The molecule has 1 fully saturated rings. The van der Waals surface area contributed by atoms with Gasteiger partial charge in [0.15, 0.2) is 0 Å². The molecule has 7 heteroatoms. The van der Waals surface area contributed by atoms with E-state index in [0.29, 0.717) is 12.3 Å². The molecule has 152 valence electrons. The molecular formula is C22H27N5O2. The maximum Gasteiger partial charge on any atom is 0.272 e. The number of fused-ring (bicyclic) bond motifs is 1. The molecule has 2 aromatic heterocycles. The van der Waals surface area contributed by atoms with Crippen LogP contribution < -0.4 is 15.0 Å². The van der Waals surface area contributed by atoms with Crippen molar-refractivity contribution < 1.29 is 9.53 Å². The first kappa shape index (κ1) is 19.3. The smallest absolute Gasteiger partial charge is 0.272 e. The number of ether oxygens (including phenoxy) is 1. The van der Waals surface area contributed by atoms with Gasteiger partial charge in [-0.05, 0) is 51.2 Å². The van der Waals surface area contributed by atoms with Gasteiger partial charge in [0.25, 0.3) is 5.91 Å². The Labute approximate surface area is 170 Å². The Balaban J connectivity index is 1.48. The Morgan fingerprint density at radius 3 is 2.69 bits per heavy atom. The van der Waals surface area contributed by atoms with Crippen molar-refractivity contribution in [3.05, 3.63) is 47.8 Å². The highest BCUT2D eigenvalue weighted by atomic mass is 16.5. The van der Waals surface area contributed by atoms with Crippen LogP contribution in [0.3, 0.4) is 0 Å². The summed E-state index contributed by atoms with van der Waals surface area (Å²) in [6.07, 6.45) is 0. The van der Waals surface area contributed by atoms with Crippen molar-refractivity contribution in [2.45, 2.75) is 13.8 Å². The average Bonchev–Trinajstić information content (AvgIpc) is 3.14. The number of rotatable bonds is 5. The summed E-state index contributed by atoms with van der Waals surface area (Å²) in [7, 11) is 2.14. The van der Waals surface area contributed by atoms with Gasteiger partial charge in [0.05, 0.1) is 18.0 Å². The molecule has 7 nitrogen and oxygen atoms in total. The molecule has 0 aliphatic carbocycles. The molecule has 2 N–H and O–H groups in total. The number of aromatic amines is 1. The first-order chi connectivity index (χ1) is 14.0. The first-order valence-electron chi connectivity index (χ1n) is 10.0. The van der Waals surface area contributed by atoms with E-state index >= 15 is 0 Å². The normalized spacial score (nSPS) is 14.9. The van der Waals surface area contributed by atoms with Gasteiger partial charge >= 0.3 is 0 Å². The largest absolute Gasteiger partial charge is 0.494 e. The predicted molar refractivity (Wildman–Crippen MR) is 116 cm³/mol. The van der Waals surface area contributed by atoms with E-state index in [1.807, 2.05) is 50.2 Å². The number of carbonyl (C=O) groups is 1. The molecule has 1 aliphatic heterocycles. The van der Waals surface area contributed by atoms with E-state index in [1.54, 1.807) is 0 Å². The fourth-order valence-electron chi connectivity index (χ4n) is 3.57. The topological polar surface area (TPSA) is 73.5 Å². The lowest BCUT2D eigenvalue weighted by atomic mass is 10.2. The number of H-pyrrole nitrogens is 1. The summed E-state index contributed by atoms with van der Waals surface area (Å²) >= 11 is 0. The van der Waals surface area contributed by atoms with E-state index in [0.717, 1.165) is 60.0 Å². The SMILES string of the molecule is CCOc1ccc2cc(C(=O)Nc3ccc(N4CCN(C)CC4)nc3C)[nH]c2c1. The molecule has 1 amide bonds. The van der Waals surface area contributed by atoms with Gasteiger partial charge in [-0.25, -0.2) is 4.98 Å². The van der Waals surface area contributed by atoms with Crippen LogP contribution in [0.2, 0.25) is 0 Å². The third-order valence-corrected chi connectivity index (χ3v) is 5.30. The van der Waals surface area contributed by atoms with E-state index in [9.17, 15) is 4.79 Å². The fraction of sp³-hybridized carbons (Fsp3) is 0.364. The highest BCUT2D eigenvalue weighted by Crippen LogP contribution is 2.23. The molecule has 0 radical (unpaired) electrons. The number of nitrogens with one attached hydrogen (secondary N) is 2. The highest BCUT2D eigenvalue weighted by molar-refractivity contribution is 6.06. The number of benzene rings is 1. The van der Waals surface area contributed by atoms with Crippen LogP contribution in [-0.2, 0) is 0 Å². The third kappa shape index (κ3) is 4.19. The predicted octanol–water partition coefficient (Wildman–Crippen LogP) is 3.27. The number of aryl methyl sites for hydroxylation is 1. The standard InChI is InChI=1S/C22H27N5O2/c1-4-29-17-6-5-16-13-20(24-19(16)14-17)22(28)25-18-7-8-21(23-15(18)2)27-11-9-26(3)10-12-27/h5-8,13-14,24H,4,9-12H2,1-3H3,(H,25,28). The zero-order chi connectivity index (χ0) is 20.4. The van der Waals surface area contributed by atoms with Crippen molar-refractivity contribution in [3.8, 4) is 5.75 Å². The van der Waals surface area contributed by atoms with Crippen LogP contribution in [0.1, 0.15) is 23.1 Å². The number of piperazine rings is 1. The Hall–Kier alpha value is -3.06. The second-order valence-electron chi connectivity index (χ2n) is 7.41. The Morgan fingerprint density at radius 1 is 1.17 bits per heavy atom. The number of hydrogen-bond donors (Lipinski definition) is 2. The van der Waals surface area contributed by atoms with E-state index in [4.69, 9.17) is 9.72 Å². The summed E-state index contributed by atoms with van der Waals surface area (Å²) in [5.74, 6) is 1.56. The van der Waals surface area contributed by atoms with Crippen LogP contribution in [0.5, 0.6) is 5.75 Å². The minimum absolute atomic E-state index is 0.184. The van der Waals surface area contributed by atoms with Crippen LogP contribution in [0.25, 0.3) is 10.9 Å². The van der Waals surface area contributed by atoms with Crippen molar-refractivity contribution >= 4 is 28.3 Å². The molecule has 4 rings (SSSR count). The molecule has 0 spiro atoms. The molecular weight excluding hydrogens is 366 g/mol. The van der Waals surface area contributed by atoms with Crippen molar-refractivity contribution in [2.24, 2.45) is 0 Å². The number of nitrogens with zero attached hydrogens (tertiary/aromatic N) is 3. The summed E-state index contributed by atoms with van der Waals surface area (Å²) in [6.45, 7) is 8.48. The van der Waals surface area contributed by atoms with Crippen LogP contribution in [0.4, 0.5) is 11.5 Å². The third-order valence-electron chi connectivity index (χ3n) is 5.30. The van der Waals surface area contributed by atoms with E-state index in [-0.39, 0.29) is 5.91 Å². The minimum atomic E-state index is -0.184. The summed E-state index contributed by atoms with van der Waals surface area (Å²) < 4.78 is 5.53. The lowest BCUT2D eigenvalue weighted by Crippen LogP contribution is -2.44. The number of amides is 1. The number of pyridine rings is 1. The number of likely N-dealkylation sites (N-methyl/N-ethyl adjacent to an activating group) is 1. The van der Waals surface area contributed by atoms with Gasteiger partial charge in [0.1, 0.15) is 17.3 Å². The molecule has 0 saturated carbocycles. The number of anilines is 2. The molecule has 1 saturated heterocycles. The first-order valence-corrected chi connectivity index (χ1v) is 10.0. The summed E-state index contributed by atoms with van der Waals surface area (Å²) in [5.41, 5.74) is 2.92. The van der Waals surface area contributed by atoms with Crippen molar-refractivity contribution in [3.63, 3.8) is 0 Å². The monoisotopic (exact) mass is 393 g/mol. The summed E-state index contributed by atoms with van der Waals surface area (Å²) in [5, 5.41) is 3.94. The van der Waals surface area contributed by atoms with E-state index in [2.05, 4.69) is 27.1 Å². The van der Waals surface area contributed by atoms with Crippen LogP contribution in [0.15, 0.2) is 36.4 Å². The van der Waals surface area contributed by atoms with E-state index in [1.165, 1.54) is 0 Å². The van der Waals surface area contributed by atoms with Gasteiger partial charge < -0.3 is 24.8 Å². The number of aromatic nitrogens is 2. The van der Waals surface area contributed by atoms with Gasteiger partial charge in [-0.1, -0.05) is 0 Å². The van der Waals surface area contributed by atoms with Crippen molar-refractivity contribution in [2.75, 3.05) is 50.1 Å². The second-order valence-corrected chi connectivity index (χ2v) is 7.41. The lowest BCUT2D eigenvalue weighted by molar-refractivity contribution is 0.102. The van der Waals surface area contributed by atoms with Gasteiger partial charge in [-0.2, -0.15) is 0 Å². The minimum Gasteiger partial charge on any atom is -0.494 e. The molecule has 0 bridgehead atoms. The Bertz CT molecular complexity index is 1020. The maximum atomic E-state index is 12.8. The second kappa shape index (κ2) is 8.13. The Morgan fingerprint density at radius 2 is 1.97 bits per heavy atom. The molecule has 1 aromatic carbocycles. The van der Waals surface area contributed by atoms with Crippen LogP contribution >= 0.6 is 0 Å². The van der Waals surface area contributed by atoms with Crippen molar-refractivity contribution in [1.29, 1.82) is 0 Å². The molecule has 3 heterocycles. The van der Waals surface area contributed by atoms with Gasteiger partial charge in [-0.3, -0.25) is 4.79 Å². The van der Waals surface area contributed by atoms with Gasteiger partial charge in [0.2, 0.25) is 0 Å². The van der Waals surface area contributed by atoms with Crippen LogP contribution in [-0.4, -0.2) is 60.6 Å². The number of carbonyl (C=O) groups excluding carboxylic acids is 1. The van der Waals surface area contributed by atoms with E-state index < -0.39 is 0 Å².